The van der Waals surface area contributed by atoms with Crippen molar-refractivity contribution in [2.24, 2.45) is 9.98 Å². The van der Waals surface area contributed by atoms with Gasteiger partial charge in [0, 0.05) is 36.6 Å². The molecule has 2 rings (SSSR count). The molecule has 25 heavy (non-hydrogen) atoms. The lowest BCUT2D eigenvalue weighted by molar-refractivity contribution is 0.459. The second-order valence-corrected chi connectivity index (χ2v) is 5.31. The summed E-state index contributed by atoms with van der Waals surface area (Å²) >= 11 is 0. The van der Waals surface area contributed by atoms with E-state index in [4.69, 9.17) is 0 Å². The van der Waals surface area contributed by atoms with Gasteiger partial charge >= 0.3 is 0 Å². The zero-order chi connectivity index (χ0) is 18.1. The van der Waals surface area contributed by atoms with Crippen LogP contribution < -0.4 is 5.32 Å². The lowest BCUT2D eigenvalue weighted by Crippen LogP contribution is -2.20. The van der Waals surface area contributed by atoms with Crippen LogP contribution in [0.25, 0.3) is 0 Å². The number of hydrogen-bond acceptors (Lipinski definition) is 7. The SMILES string of the molecule is Oc1ccc(O)c(C=NCCNCCN=Cc2cc(O)ccc2O)c1. The Hall–Kier alpha value is -3.06. The highest BCUT2D eigenvalue weighted by Gasteiger charge is 1.99. The van der Waals surface area contributed by atoms with Gasteiger partial charge < -0.3 is 25.7 Å². The Labute approximate surface area is 145 Å². The lowest BCUT2D eigenvalue weighted by atomic mass is 10.2. The molecule has 7 nitrogen and oxygen atoms in total. The Morgan fingerprint density at radius 1 is 0.720 bits per heavy atom. The van der Waals surface area contributed by atoms with E-state index in [9.17, 15) is 20.4 Å². The number of benzene rings is 2. The fourth-order valence-corrected chi connectivity index (χ4v) is 2.03. The van der Waals surface area contributed by atoms with E-state index in [0.717, 1.165) is 0 Å². The minimum atomic E-state index is 0.0686. The van der Waals surface area contributed by atoms with Gasteiger partial charge in [-0.3, -0.25) is 9.98 Å². The first-order chi connectivity index (χ1) is 12.1. The highest BCUT2D eigenvalue weighted by atomic mass is 16.3. The first-order valence-electron chi connectivity index (χ1n) is 7.80. The largest absolute Gasteiger partial charge is 0.508 e. The predicted octanol–water partition coefficient (Wildman–Crippen LogP) is 1.64. The third-order valence-electron chi connectivity index (χ3n) is 3.32. The smallest absolute Gasteiger partial charge is 0.124 e. The molecular formula is C18H21N3O4. The number of nitrogens with zero attached hydrogens (tertiary/aromatic N) is 2. The minimum absolute atomic E-state index is 0.0686. The van der Waals surface area contributed by atoms with E-state index in [-0.39, 0.29) is 23.0 Å². The summed E-state index contributed by atoms with van der Waals surface area (Å²) in [6.45, 7) is 2.32. The summed E-state index contributed by atoms with van der Waals surface area (Å²) in [5.74, 6) is 0.291. The van der Waals surface area contributed by atoms with E-state index in [1.54, 1.807) is 0 Å². The molecule has 2 aromatic rings. The van der Waals surface area contributed by atoms with Crippen molar-refractivity contribution in [3.05, 3.63) is 47.5 Å². The van der Waals surface area contributed by atoms with E-state index in [2.05, 4.69) is 15.3 Å². The maximum atomic E-state index is 9.60. The number of phenolic OH excluding ortho intramolecular Hbond substituents is 4. The summed E-state index contributed by atoms with van der Waals surface area (Å²) in [6.07, 6.45) is 3.03. The molecule has 0 aliphatic heterocycles. The third kappa shape index (κ3) is 6.15. The molecule has 7 heteroatoms. The van der Waals surface area contributed by atoms with Crippen LogP contribution >= 0.6 is 0 Å². The highest BCUT2D eigenvalue weighted by Crippen LogP contribution is 2.20. The Kier molecular flexibility index (Phi) is 6.79. The molecule has 0 saturated carbocycles. The van der Waals surface area contributed by atoms with Crippen molar-refractivity contribution in [3.8, 4) is 23.0 Å². The molecule has 0 fully saturated rings. The van der Waals surface area contributed by atoms with Gasteiger partial charge in [0.15, 0.2) is 0 Å². The van der Waals surface area contributed by atoms with Crippen molar-refractivity contribution >= 4 is 12.4 Å². The monoisotopic (exact) mass is 343 g/mol. The minimum Gasteiger partial charge on any atom is -0.508 e. The summed E-state index contributed by atoms with van der Waals surface area (Å²) in [4.78, 5) is 8.34. The van der Waals surface area contributed by atoms with Crippen LogP contribution in [0.15, 0.2) is 46.4 Å². The van der Waals surface area contributed by atoms with Gasteiger partial charge in [-0.25, -0.2) is 0 Å². The lowest BCUT2D eigenvalue weighted by Gasteiger charge is -2.01. The molecular weight excluding hydrogens is 322 g/mol. The Morgan fingerprint density at radius 3 is 1.60 bits per heavy atom. The van der Waals surface area contributed by atoms with Gasteiger partial charge in [0.2, 0.25) is 0 Å². The molecule has 0 aliphatic rings. The van der Waals surface area contributed by atoms with Crippen LogP contribution in [0, 0.1) is 0 Å². The molecule has 0 aromatic heterocycles. The number of hydrogen-bond donors (Lipinski definition) is 5. The zero-order valence-corrected chi connectivity index (χ0v) is 13.6. The summed E-state index contributed by atoms with van der Waals surface area (Å²) in [6, 6.07) is 8.53. The van der Waals surface area contributed by atoms with Crippen molar-refractivity contribution in [1.82, 2.24) is 5.32 Å². The van der Waals surface area contributed by atoms with Gasteiger partial charge in [0.05, 0.1) is 13.1 Å². The van der Waals surface area contributed by atoms with Crippen LogP contribution in [0.1, 0.15) is 11.1 Å². The van der Waals surface area contributed by atoms with E-state index in [1.807, 2.05) is 0 Å². The maximum absolute atomic E-state index is 9.60. The quantitative estimate of drug-likeness (QED) is 0.284. The van der Waals surface area contributed by atoms with Crippen LogP contribution in [0.2, 0.25) is 0 Å². The summed E-state index contributed by atoms with van der Waals surface area (Å²) in [5, 5.41) is 41.0. The zero-order valence-electron chi connectivity index (χ0n) is 13.6. The van der Waals surface area contributed by atoms with Crippen molar-refractivity contribution in [1.29, 1.82) is 0 Å². The fraction of sp³-hybridized carbons (Fsp3) is 0.222. The molecule has 132 valence electrons. The second-order valence-electron chi connectivity index (χ2n) is 5.31. The average Bonchev–Trinajstić information content (AvgIpc) is 2.59. The maximum Gasteiger partial charge on any atom is 0.124 e. The van der Waals surface area contributed by atoms with Crippen molar-refractivity contribution in [2.45, 2.75) is 0 Å². The van der Waals surface area contributed by atoms with Gasteiger partial charge in [-0.2, -0.15) is 0 Å². The Balaban J connectivity index is 1.65. The Bertz CT molecular complexity index is 696. The number of aliphatic imine (C=N–C) groups is 2. The Morgan fingerprint density at radius 2 is 1.16 bits per heavy atom. The molecule has 5 N–H and O–H groups in total. The average molecular weight is 343 g/mol. The van der Waals surface area contributed by atoms with Gasteiger partial charge in [0.25, 0.3) is 0 Å². The molecule has 0 aliphatic carbocycles. The van der Waals surface area contributed by atoms with E-state index in [1.165, 1.54) is 48.8 Å². The van der Waals surface area contributed by atoms with Gasteiger partial charge in [0.1, 0.15) is 23.0 Å². The molecule has 0 spiro atoms. The molecule has 0 unspecified atom stereocenters. The molecule has 0 bridgehead atoms. The molecule has 2 aromatic carbocycles. The van der Waals surface area contributed by atoms with Crippen LogP contribution in [-0.4, -0.2) is 59.0 Å². The summed E-state index contributed by atoms with van der Waals surface area (Å²) < 4.78 is 0. The fourth-order valence-electron chi connectivity index (χ4n) is 2.03. The van der Waals surface area contributed by atoms with Crippen molar-refractivity contribution < 1.29 is 20.4 Å². The van der Waals surface area contributed by atoms with E-state index in [0.29, 0.717) is 37.3 Å². The number of phenols is 4. The summed E-state index contributed by atoms with van der Waals surface area (Å²) in [7, 11) is 0. The normalized spacial score (nSPS) is 11.5. The third-order valence-corrected chi connectivity index (χ3v) is 3.32. The number of nitrogens with one attached hydrogen (secondary N) is 1. The van der Waals surface area contributed by atoms with Gasteiger partial charge in [-0.05, 0) is 36.4 Å². The van der Waals surface area contributed by atoms with Crippen LogP contribution in [0.3, 0.4) is 0 Å². The number of aromatic hydroxyl groups is 4. The molecule has 0 heterocycles. The molecule has 0 amide bonds. The van der Waals surface area contributed by atoms with Crippen molar-refractivity contribution in [3.63, 3.8) is 0 Å². The van der Waals surface area contributed by atoms with Crippen LogP contribution in [-0.2, 0) is 0 Å². The molecule has 0 saturated heterocycles. The topological polar surface area (TPSA) is 118 Å². The number of rotatable bonds is 8. The van der Waals surface area contributed by atoms with Gasteiger partial charge in [-0.15, -0.1) is 0 Å². The molecule has 0 atom stereocenters. The highest BCUT2D eigenvalue weighted by molar-refractivity contribution is 5.84. The van der Waals surface area contributed by atoms with Crippen LogP contribution in [0.5, 0.6) is 23.0 Å². The van der Waals surface area contributed by atoms with E-state index >= 15 is 0 Å². The molecule has 0 radical (unpaired) electrons. The van der Waals surface area contributed by atoms with Gasteiger partial charge in [-0.1, -0.05) is 0 Å². The first kappa shape index (κ1) is 18.3. The summed E-state index contributed by atoms with van der Waals surface area (Å²) in [5.41, 5.74) is 0.936. The van der Waals surface area contributed by atoms with Crippen molar-refractivity contribution in [2.75, 3.05) is 26.2 Å². The van der Waals surface area contributed by atoms with E-state index < -0.39 is 0 Å². The van der Waals surface area contributed by atoms with Crippen LogP contribution in [0.4, 0.5) is 0 Å². The second kappa shape index (κ2) is 9.29. The first-order valence-corrected chi connectivity index (χ1v) is 7.80. The predicted molar refractivity (Wildman–Crippen MR) is 97.3 cm³/mol. The standard InChI is InChI=1S/C18H21N3O4/c22-15-1-3-17(24)13(9-15)11-20-7-5-19-6-8-21-12-14-10-16(23)2-4-18(14)25/h1-4,9-12,19,22-25H,5-8H2.